The first-order valence-corrected chi connectivity index (χ1v) is 11.5. The Balaban J connectivity index is 1.77. The van der Waals surface area contributed by atoms with Gasteiger partial charge < -0.3 is 5.11 Å². The molecule has 0 amide bonds. The van der Waals surface area contributed by atoms with Gasteiger partial charge in [-0.1, -0.05) is 23.7 Å². The van der Waals surface area contributed by atoms with Crippen molar-refractivity contribution in [2.24, 2.45) is 14.1 Å². The molecule has 8 heteroatoms. The molecule has 2 aromatic heterocycles. The summed E-state index contributed by atoms with van der Waals surface area (Å²) >= 11 is 7.62. The average molecular weight is 478 g/mol. The van der Waals surface area contributed by atoms with E-state index in [0.717, 1.165) is 54.1 Å². The molecule has 0 aliphatic heterocycles. The number of imidazole rings is 1. The molecule has 2 heterocycles. The zero-order valence-corrected chi connectivity index (χ0v) is 19.8. The fourth-order valence-electron chi connectivity index (χ4n) is 4.30. The van der Waals surface area contributed by atoms with Gasteiger partial charge in [-0.05, 0) is 60.0 Å². The van der Waals surface area contributed by atoms with Crippen molar-refractivity contribution in [2.45, 2.75) is 13.3 Å². The Morgan fingerprint density at radius 2 is 1.70 bits per heavy atom. The Labute approximate surface area is 198 Å². The van der Waals surface area contributed by atoms with Gasteiger partial charge in [0.2, 0.25) is 0 Å². The van der Waals surface area contributed by atoms with Crippen LogP contribution in [0.4, 0.5) is 0 Å². The van der Waals surface area contributed by atoms with E-state index < -0.39 is 5.97 Å². The number of halogens is 1. The second-order valence-electron chi connectivity index (χ2n) is 8.10. The lowest BCUT2D eigenvalue weighted by atomic mass is 9.93. The van der Waals surface area contributed by atoms with Crippen LogP contribution >= 0.6 is 22.9 Å². The van der Waals surface area contributed by atoms with Gasteiger partial charge in [-0.15, -0.1) is 11.3 Å². The molecule has 6 nitrogen and oxygen atoms in total. The van der Waals surface area contributed by atoms with Crippen molar-refractivity contribution >= 4 is 50.2 Å². The second kappa shape index (κ2) is 7.86. The van der Waals surface area contributed by atoms with E-state index in [0.29, 0.717) is 5.02 Å². The van der Waals surface area contributed by atoms with Crippen molar-refractivity contribution in [2.75, 3.05) is 0 Å². The highest BCUT2D eigenvalue weighted by Gasteiger charge is 2.20. The third kappa shape index (κ3) is 3.53. The molecule has 0 aliphatic rings. The van der Waals surface area contributed by atoms with E-state index in [-0.39, 0.29) is 12.1 Å². The molecule has 0 unspecified atom stereocenters. The van der Waals surface area contributed by atoms with Crippen LogP contribution in [-0.2, 0) is 25.3 Å². The number of aromatic nitrogens is 3. The van der Waals surface area contributed by atoms with E-state index in [1.807, 2.05) is 43.3 Å². The maximum Gasteiger partial charge on any atom is 0.328 e. The summed E-state index contributed by atoms with van der Waals surface area (Å²) < 4.78 is 4.18. The molecule has 5 rings (SSSR count). The third-order valence-electron chi connectivity index (χ3n) is 5.99. The number of rotatable bonds is 4. The fourth-order valence-corrected chi connectivity index (χ4v) is 5.56. The molecule has 0 atom stereocenters. The predicted octanol–water partition coefficient (Wildman–Crippen LogP) is 5.41. The topological polar surface area (TPSA) is 77.1 Å². The minimum Gasteiger partial charge on any atom is -0.481 e. The van der Waals surface area contributed by atoms with Crippen molar-refractivity contribution < 1.29 is 9.90 Å². The highest BCUT2D eigenvalue weighted by Crippen LogP contribution is 2.41. The molecular formula is C25H20ClN3O3S. The number of carboxylic acid groups (broad SMARTS) is 1. The lowest BCUT2D eigenvalue weighted by Crippen LogP contribution is -2.19. The van der Waals surface area contributed by atoms with Gasteiger partial charge in [0.25, 0.3) is 0 Å². The van der Waals surface area contributed by atoms with Crippen LogP contribution in [0.15, 0.2) is 53.3 Å². The summed E-state index contributed by atoms with van der Waals surface area (Å²) in [5.74, 6) is -0.882. The first kappa shape index (κ1) is 21.4. The van der Waals surface area contributed by atoms with Gasteiger partial charge in [-0.25, -0.2) is 9.78 Å². The smallest absolute Gasteiger partial charge is 0.328 e. The molecule has 1 N–H and O–H groups in total. The quantitative estimate of drug-likeness (QED) is 0.375. The number of aliphatic carboxylic acids is 1. The lowest BCUT2D eigenvalue weighted by Gasteiger charge is -2.13. The van der Waals surface area contributed by atoms with Gasteiger partial charge in [0, 0.05) is 30.2 Å². The standard InChI is InChI=1S/C25H20ClN3O3S/c1-13-10-18-23(22(17(13)12-21(30)31)14-4-7-16(26)8-5-14)33-24(27-18)15-6-9-19-20(11-15)29(3)25(32)28(19)2/h4-11H,12H2,1-3H3,(H,30,31). The first-order chi connectivity index (χ1) is 15.7. The number of hydrogen-bond donors (Lipinski definition) is 1. The summed E-state index contributed by atoms with van der Waals surface area (Å²) in [7, 11) is 3.51. The van der Waals surface area contributed by atoms with Crippen LogP contribution in [0, 0.1) is 6.92 Å². The second-order valence-corrected chi connectivity index (χ2v) is 9.53. The van der Waals surface area contributed by atoms with Crippen LogP contribution in [0.25, 0.3) is 42.9 Å². The van der Waals surface area contributed by atoms with Crippen molar-refractivity contribution in [1.29, 1.82) is 0 Å². The van der Waals surface area contributed by atoms with Crippen molar-refractivity contribution in [1.82, 2.24) is 14.1 Å². The molecule has 3 aromatic carbocycles. The van der Waals surface area contributed by atoms with Crippen LogP contribution in [0.2, 0.25) is 5.02 Å². The van der Waals surface area contributed by atoms with E-state index in [9.17, 15) is 14.7 Å². The Kier molecular flexibility index (Phi) is 5.11. The Hall–Kier alpha value is -3.42. The Morgan fingerprint density at radius 3 is 2.39 bits per heavy atom. The molecule has 0 radical (unpaired) electrons. The number of hydrogen-bond acceptors (Lipinski definition) is 4. The van der Waals surface area contributed by atoms with Crippen molar-refractivity contribution in [3.8, 4) is 21.7 Å². The van der Waals surface area contributed by atoms with E-state index in [1.54, 1.807) is 35.4 Å². The molecule has 5 aromatic rings. The summed E-state index contributed by atoms with van der Waals surface area (Å²) in [5, 5.41) is 11.0. The molecule has 0 bridgehead atoms. The van der Waals surface area contributed by atoms with Gasteiger partial charge in [-0.3, -0.25) is 13.9 Å². The number of aryl methyl sites for hydroxylation is 3. The van der Waals surface area contributed by atoms with E-state index in [2.05, 4.69) is 0 Å². The lowest BCUT2D eigenvalue weighted by molar-refractivity contribution is -0.136. The third-order valence-corrected chi connectivity index (χ3v) is 7.38. The highest BCUT2D eigenvalue weighted by atomic mass is 35.5. The van der Waals surface area contributed by atoms with Gasteiger partial charge in [-0.2, -0.15) is 0 Å². The molecule has 0 saturated carbocycles. The number of carboxylic acids is 1. The Morgan fingerprint density at radius 1 is 1.03 bits per heavy atom. The molecular weight excluding hydrogens is 458 g/mol. The monoisotopic (exact) mass is 477 g/mol. The number of fused-ring (bicyclic) bond motifs is 2. The predicted molar refractivity (Wildman–Crippen MR) is 133 cm³/mol. The minimum atomic E-state index is -0.882. The normalized spacial score (nSPS) is 11.5. The SMILES string of the molecule is Cc1cc2nc(-c3ccc4c(c3)n(C)c(=O)n4C)sc2c(-c2ccc(Cl)cc2)c1CC(=O)O. The van der Waals surface area contributed by atoms with E-state index in [4.69, 9.17) is 16.6 Å². The number of thiazole rings is 1. The molecule has 0 spiro atoms. The van der Waals surface area contributed by atoms with Gasteiger partial charge >= 0.3 is 11.7 Å². The molecule has 0 fully saturated rings. The highest BCUT2D eigenvalue weighted by molar-refractivity contribution is 7.22. The zero-order valence-electron chi connectivity index (χ0n) is 18.2. The zero-order chi connectivity index (χ0) is 23.4. The van der Waals surface area contributed by atoms with Gasteiger partial charge in [0.05, 0.1) is 27.7 Å². The van der Waals surface area contributed by atoms with Crippen molar-refractivity contribution in [3.63, 3.8) is 0 Å². The summed E-state index contributed by atoms with van der Waals surface area (Å²) in [6, 6.07) is 15.3. The fraction of sp³-hybridized carbons (Fsp3) is 0.160. The van der Waals surface area contributed by atoms with Crippen LogP contribution < -0.4 is 5.69 Å². The maximum absolute atomic E-state index is 12.3. The van der Waals surface area contributed by atoms with Crippen LogP contribution in [0.3, 0.4) is 0 Å². The first-order valence-electron chi connectivity index (χ1n) is 10.3. The minimum absolute atomic E-state index is 0.0783. The molecule has 0 aliphatic carbocycles. The van der Waals surface area contributed by atoms with Gasteiger partial charge in [0.15, 0.2) is 0 Å². The number of nitrogens with zero attached hydrogens (tertiary/aromatic N) is 3. The number of benzene rings is 3. The summed E-state index contributed by atoms with van der Waals surface area (Å²) in [5.41, 5.74) is 6.76. The van der Waals surface area contributed by atoms with Crippen molar-refractivity contribution in [3.05, 3.63) is 75.2 Å². The molecule has 0 saturated heterocycles. The molecule has 33 heavy (non-hydrogen) atoms. The maximum atomic E-state index is 12.3. The number of carbonyl (C=O) groups is 1. The van der Waals surface area contributed by atoms with Crippen LogP contribution in [0.1, 0.15) is 11.1 Å². The molecule has 166 valence electrons. The summed E-state index contributed by atoms with van der Waals surface area (Å²) in [4.78, 5) is 28.8. The van der Waals surface area contributed by atoms with E-state index in [1.165, 1.54) is 11.3 Å². The van der Waals surface area contributed by atoms with Crippen LogP contribution in [-0.4, -0.2) is 25.2 Å². The largest absolute Gasteiger partial charge is 0.481 e. The average Bonchev–Trinajstić information content (AvgIpc) is 3.29. The summed E-state index contributed by atoms with van der Waals surface area (Å²) in [6.07, 6.45) is -0.0783. The van der Waals surface area contributed by atoms with E-state index >= 15 is 0 Å². The van der Waals surface area contributed by atoms with Gasteiger partial charge in [0.1, 0.15) is 5.01 Å². The van der Waals surface area contributed by atoms with Crippen LogP contribution in [0.5, 0.6) is 0 Å². The Bertz CT molecular complexity index is 1630. The summed E-state index contributed by atoms with van der Waals surface area (Å²) in [6.45, 7) is 1.92.